The summed E-state index contributed by atoms with van der Waals surface area (Å²) in [6, 6.07) is 14.5. The van der Waals surface area contributed by atoms with Crippen LogP contribution in [0.15, 0.2) is 53.4 Å². The summed E-state index contributed by atoms with van der Waals surface area (Å²) in [4.78, 5) is 13.5. The van der Waals surface area contributed by atoms with Gasteiger partial charge >= 0.3 is 0 Å². The molecule has 1 aliphatic heterocycles. The van der Waals surface area contributed by atoms with E-state index in [4.69, 9.17) is 11.6 Å². The van der Waals surface area contributed by atoms with Gasteiger partial charge in [-0.1, -0.05) is 54.8 Å². The Morgan fingerprint density at radius 3 is 2.56 bits per heavy atom. The Balaban J connectivity index is 1.67. The summed E-state index contributed by atoms with van der Waals surface area (Å²) in [6.07, 6.45) is 4.14. The van der Waals surface area contributed by atoms with E-state index in [0.29, 0.717) is 21.9 Å². The van der Waals surface area contributed by atoms with Crippen LogP contribution in [-0.4, -0.2) is 20.1 Å². The third kappa shape index (κ3) is 3.39. The number of hydrogen-bond donors (Lipinski definition) is 1. The summed E-state index contributed by atoms with van der Waals surface area (Å²) < 4.78 is 24.7. The largest absolute Gasteiger partial charge is 0.346 e. The van der Waals surface area contributed by atoms with Gasteiger partial charge in [-0.3, -0.25) is 4.79 Å². The lowest BCUT2D eigenvalue weighted by molar-refractivity contribution is -0.124. The topological polar surface area (TPSA) is 63.2 Å². The molecule has 142 valence electrons. The zero-order valence-corrected chi connectivity index (χ0v) is 16.5. The van der Waals surface area contributed by atoms with Crippen molar-refractivity contribution in [2.24, 2.45) is 0 Å². The first-order chi connectivity index (χ1) is 12.9. The highest BCUT2D eigenvalue weighted by atomic mass is 35.5. The van der Waals surface area contributed by atoms with Gasteiger partial charge < -0.3 is 5.32 Å². The molecule has 1 aliphatic carbocycles. The van der Waals surface area contributed by atoms with E-state index >= 15 is 0 Å². The number of halogens is 1. The van der Waals surface area contributed by atoms with Crippen molar-refractivity contribution in [3.05, 3.63) is 64.7 Å². The van der Waals surface area contributed by atoms with E-state index in [2.05, 4.69) is 5.32 Å². The van der Waals surface area contributed by atoms with Gasteiger partial charge in [0.25, 0.3) is 0 Å². The summed E-state index contributed by atoms with van der Waals surface area (Å²) >= 11 is 6.19. The second-order valence-corrected chi connectivity index (χ2v) is 10.0. The van der Waals surface area contributed by atoms with Gasteiger partial charge in [0.1, 0.15) is 0 Å². The minimum Gasteiger partial charge on any atom is -0.346 e. The molecular formula is C21H22ClNO3S. The monoisotopic (exact) mass is 403 g/mol. The Hall–Kier alpha value is -1.85. The second-order valence-electron chi connectivity index (χ2n) is 7.49. The molecule has 0 radical (unpaired) electrons. The van der Waals surface area contributed by atoms with Crippen molar-refractivity contribution in [3.63, 3.8) is 0 Å². The van der Waals surface area contributed by atoms with Crippen LogP contribution in [0, 0.1) is 0 Å². The molecule has 2 aliphatic rings. The molecule has 0 bridgehead atoms. The Morgan fingerprint density at radius 2 is 1.81 bits per heavy atom. The van der Waals surface area contributed by atoms with Crippen LogP contribution in [-0.2, 0) is 20.2 Å². The average Bonchev–Trinajstić information content (AvgIpc) is 3.11. The summed E-state index contributed by atoms with van der Waals surface area (Å²) in [6.45, 7) is 0. The van der Waals surface area contributed by atoms with Gasteiger partial charge in [-0.2, -0.15) is 0 Å². The number of hydrogen-bond acceptors (Lipinski definition) is 3. The third-order valence-corrected chi connectivity index (χ3v) is 7.87. The van der Waals surface area contributed by atoms with Crippen molar-refractivity contribution in [3.8, 4) is 0 Å². The van der Waals surface area contributed by atoms with Gasteiger partial charge in [-0.05, 0) is 48.6 Å². The number of benzene rings is 2. The molecule has 1 heterocycles. The molecule has 0 saturated heterocycles. The van der Waals surface area contributed by atoms with Crippen LogP contribution in [0.3, 0.4) is 0 Å². The molecule has 4 nitrogen and oxygen atoms in total. The lowest BCUT2D eigenvalue weighted by Gasteiger charge is -2.34. The fourth-order valence-electron chi connectivity index (χ4n) is 4.44. The Bertz CT molecular complexity index is 980. The van der Waals surface area contributed by atoms with Gasteiger partial charge in [-0.25, -0.2) is 8.42 Å². The molecule has 4 rings (SSSR count). The Kier molecular flexibility index (Phi) is 4.77. The zero-order chi connectivity index (χ0) is 19.1. The molecule has 6 heteroatoms. The van der Waals surface area contributed by atoms with Crippen molar-refractivity contribution < 1.29 is 13.2 Å². The fraction of sp³-hybridized carbons (Fsp3) is 0.381. The predicted molar refractivity (Wildman–Crippen MR) is 106 cm³/mol. The highest BCUT2D eigenvalue weighted by molar-refractivity contribution is 7.91. The molecule has 27 heavy (non-hydrogen) atoms. The van der Waals surface area contributed by atoms with Crippen LogP contribution < -0.4 is 5.32 Å². The first kappa shape index (κ1) is 18.5. The maximum atomic E-state index is 13.3. The summed E-state index contributed by atoms with van der Waals surface area (Å²) in [5.41, 5.74) is 1.21. The first-order valence-corrected chi connectivity index (χ1v) is 11.3. The molecule has 2 aromatic rings. The van der Waals surface area contributed by atoms with Crippen molar-refractivity contribution in [1.82, 2.24) is 5.32 Å². The van der Waals surface area contributed by atoms with E-state index in [9.17, 15) is 13.2 Å². The van der Waals surface area contributed by atoms with Crippen LogP contribution in [0.25, 0.3) is 0 Å². The first-order valence-electron chi connectivity index (χ1n) is 9.31. The summed E-state index contributed by atoms with van der Waals surface area (Å²) in [7, 11) is -3.31. The fourth-order valence-corrected chi connectivity index (χ4v) is 6.25. The number of rotatable bonds is 3. The normalized spacial score (nSPS) is 22.8. The summed E-state index contributed by atoms with van der Waals surface area (Å²) in [5.74, 6) is -0.535. The Morgan fingerprint density at radius 1 is 1.07 bits per heavy atom. The van der Waals surface area contributed by atoms with Crippen molar-refractivity contribution in [1.29, 1.82) is 0 Å². The maximum Gasteiger partial charge on any atom is 0.228 e. The smallest absolute Gasteiger partial charge is 0.228 e. The highest BCUT2D eigenvalue weighted by Gasteiger charge is 2.41. The minimum atomic E-state index is -3.31. The van der Waals surface area contributed by atoms with Crippen molar-refractivity contribution in [2.75, 3.05) is 5.75 Å². The second kappa shape index (κ2) is 6.95. The number of nitrogens with one attached hydrogen (secondary N) is 1. The van der Waals surface area contributed by atoms with Crippen LogP contribution in [0.1, 0.15) is 49.1 Å². The van der Waals surface area contributed by atoms with Gasteiger partial charge in [0.2, 0.25) is 5.91 Å². The van der Waals surface area contributed by atoms with Crippen molar-refractivity contribution in [2.45, 2.75) is 48.5 Å². The van der Waals surface area contributed by atoms with E-state index < -0.39 is 21.3 Å². The molecule has 1 unspecified atom stereocenters. The molecule has 0 spiro atoms. The highest BCUT2D eigenvalue weighted by Crippen LogP contribution is 2.41. The van der Waals surface area contributed by atoms with Gasteiger partial charge in [0.15, 0.2) is 9.84 Å². The zero-order valence-electron chi connectivity index (χ0n) is 14.9. The molecular weight excluding hydrogens is 382 g/mol. The van der Waals surface area contributed by atoms with Crippen molar-refractivity contribution >= 4 is 27.3 Å². The number of carbonyl (C=O) groups excluding carboxylic acids is 1. The Labute approximate surface area is 164 Å². The minimum absolute atomic E-state index is 0.00622. The van der Waals surface area contributed by atoms with E-state index in [0.717, 1.165) is 31.2 Å². The van der Waals surface area contributed by atoms with Gasteiger partial charge in [0, 0.05) is 5.02 Å². The van der Waals surface area contributed by atoms with Crippen LogP contribution >= 0.6 is 11.6 Å². The number of sulfone groups is 1. The molecule has 1 N–H and O–H groups in total. The third-order valence-electron chi connectivity index (χ3n) is 5.82. The number of fused-ring (bicyclic) bond motifs is 1. The van der Waals surface area contributed by atoms with E-state index in [1.165, 1.54) is 0 Å². The SMILES string of the molecule is O=C(NC1(c2cccc(Cl)c2)CCCC1)C1CCS(=O)(=O)c2ccccc21. The molecule has 2 aromatic carbocycles. The molecule has 1 atom stereocenters. The maximum absolute atomic E-state index is 13.3. The van der Waals surface area contributed by atoms with E-state index in [1.807, 2.05) is 24.3 Å². The number of carbonyl (C=O) groups is 1. The average molecular weight is 404 g/mol. The van der Waals surface area contributed by atoms with E-state index in [-0.39, 0.29) is 11.7 Å². The summed E-state index contributed by atoms with van der Waals surface area (Å²) in [5, 5.41) is 3.94. The molecule has 1 amide bonds. The van der Waals surface area contributed by atoms with Crippen LogP contribution in [0.5, 0.6) is 0 Å². The van der Waals surface area contributed by atoms with Gasteiger partial charge in [-0.15, -0.1) is 0 Å². The number of amides is 1. The van der Waals surface area contributed by atoms with Gasteiger partial charge in [0.05, 0.1) is 22.1 Å². The lowest BCUT2D eigenvalue weighted by Crippen LogP contribution is -2.46. The predicted octanol–water partition coefficient (Wildman–Crippen LogP) is 4.19. The molecule has 1 fully saturated rings. The molecule has 1 saturated carbocycles. The quantitative estimate of drug-likeness (QED) is 0.835. The standard InChI is InChI=1S/C21H22ClNO3S/c22-16-7-5-6-15(14-16)21(11-3-4-12-21)23-20(24)18-10-13-27(25,26)19-9-2-1-8-17(18)19/h1-2,5-9,14,18H,3-4,10-13H2,(H,23,24). The van der Waals surface area contributed by atoms with Crippen LogP contribution in [0.4, 0.5) is 0 Å². The van der Waals surface area contributed by atoms with Crippen LogP contribution in [0.2, 0.25) is 5.02 Å². The lowest BCUT2D eigenvalue weighted by atomic mass is 9.86. The van der Waals surface area contributed by atoms with E-state index in [1.54, 1.807) is 24.3 Å². The molecule has 0 aromatic heterocycles.